The Bertz CT molecular complexity index is 275. The highest BCUT2D eigenvalue weighted by molar-refractivity contribution is 5.73. The summed E-state index contributed by atoms with van der Waals surface area (Å²) in [5, 5.41) is 10.8. The molecule has 3 heteroatoms. The van der Waals surface area contributed by atoms with Crippen LogP contribution in [0.15, 0.2) is 0 Å². The zero-order valence-corrected chi connectivity index (χ0v) is 12.2. The maximum absolute atomic E-state index is 11.8. The second kappa shape index (κ2) is 6.55. The van der Waals surface area contributed by atoms with Crippen molar-refractivity contribution in [2.75, 3.05) is 7.11 Å². The van der Waals surface area contributed by atoms with Crippen LogP contribution in [0.2, 0.25) is 0 Å². The summed E-state index contributed by atoms with van der Waals surface area (Å²) in [4.78, 5) is 11.8. The van der Waals surface area contributed by atoms with Crippen LogP contribution in [0.25, 0.3) is 0 Å². The number of esters is 1. The van der Waals surface area contributed by atoms with Gasteiger partial charge in [-0.25, -0.2) is 0 Å². The van der Waals surface area contributed by atoms with Gasteiger partial charge in [-0.2, -0.15) is 0 Å². The van der Waals surface area contributed by atoms with E-state index in [1.54, 1.807) is 0 Å². The van der Waals surface area contributed by atoms with Crippen molar-refractivity contribution in [3.05, 3.63) is 0 Å². The summed E-state index contributed by atoms with van der Waals surface area (Å²) < 4.78 is 4.84. The van der Waals surface area contributed by atoms with Crippen molar-refractivity contribution in [2.45, 2.75) is 64.9 Å². The van der Waals surface area contributed by atoms with Gasteiger partial charge < -0.3 is 9.84 Å². The third-order valence-electron chi connectivity index (χ3n) is 4.21. The molecule has 0 radical (unpaired) electrons. The molecule has 0 aromatic rings. The number of hydrogen-bond acceptors (Lipinski definition) is 3. The first-order valence-electron chi connectivity index (χ1n) is 7.23. The van der Waals surface area contributed by atoms with E-state index in [9.17, 15) is 9.90 Å². The topological polar surface area (TPSA) is 46.5 Å². The van der Waals surface area contributed by atoms with E-state index in [0.29, 0.717) is 18.3 Å². The van der Waals surface area contributed by atoms with E-state index in [0.717, 1.165) is 25.7 Å². The molecular weight excluding hydrogens is 228 g/mol. The summed E-state index contributed by atoms with van der Waals surface area (Å²) in [6.45, 7) is 6.38. The first-order chi connectivity index (χ1) is 8.42. The standard InChI is InChI=1S/C15H28O3/c1-5-13(14(16)18-4)15(17)8-6-7-12(10-15)9-11(2)3/h11-13,17H,5-10H2,1-4H3. The molecule has 0 aromatic heterocycles. The monoisotopic (exact) mass is 256 g/mol. The third kappa shape index (κ3) is 3.71. The second-order valence-corrected chi connectivity index (χ2v) is 6.18. The smallest absolute Gasteiger partial charge is 0.311 e. The molecule has 1 aliphatic carbocycles. The first-order valence-corrected chi connectivity index (χ1v) is 7.23. The summed E-state index contributed by atoms with van der Waals surface area (Å²) in [6.07, 6.45) is 5.46. The summed E-state index contributed by atoms with van der Waals surface area (Å²) in [7, 11) is 1.41. The van der Waals surface area contributed by atoms with Gasteiger partial charge in [-0.1, -0.05) is 33.6 Å². The predicted octanol–water partition coefficient (Wildman–Crippen LogP) is 3.15. The Morgan fingerprint density at radius 2 is 2.17 bits per heavy atom. The minimum Gasteiger partial charge on any atom is -0.469 e. The van der Waals surface area contributed by atoms with Crippen molar-refractivity contribution in [1.82, 2.24) is 0 Å². The summed E-state index contributed by atoms with van der Waals surface area (Å²) in [5.74, 6) is 0.570. The molecule has 0 spiro atoms. The highest BCUT2D eigenvalue weighted by Gasteiger charge is 2.44. The van der Waals surface area contributed by atoms with E-state index in [2.05, 4.69) is 13.8 Å². The van der Waals surface area contributed by atoms with E-state index in [4.69, 9.17) is 4.74 Å². The lowest BCUT2D eigenvalue weighted by Gasteiger charge is -2.41. The zero-order valence-electron chi connectivity index (χ0n) is 12.2. The van der Waals surface area contributed by atoms with E-state index in [1.165, 1.54) is 13.5 Å². The van der Waals surface area contributed by atoms with Crippen LogP contribution in [-0.2, 0) is 9.53 Å². The zero-order chi connectivity index (χ0) is 13.8. The van der Waals surface area contributed by atoms with E-state index in [1.807, 2.05) is 6.92 Å². The number of methoxy groups -OCH3 is 1. The van der Waals surface area contributed by atoms with Crippen LogP contribution in [0.3, 0.4) is 0 Å². The van der Waals surface area contributed by atoms with Crippen LogP contribution in [0, 0.1) is 17.8 Å². The lowest BCUT2D eigenvalue weighted by atomic mass is 9.69. The van der Waals surface area contributed by atoms with Gasteiger partial charge in [0.1, 0.15) is 0 Å². The van der Waals surface area contributed by atoms with Crippen LogP contribution in [0.5, 0.6) is 0 Å². The second-order valence-electron chi connectivity index (χ2n) is 6.18. The highest BCUT2D eigenvalue weighted by Crippen LogP contribution is 2.41. The molecule has 3 nitrogen and oxygen atoms in total. The number of carbonyl (C=O) groups is 1. The van der Waals surface area contributed by atoms with Gasteiger partial charge in [0.05, 0.1) is 18.6 Å². The summed E-state index contributed by atoms with van der Waals surface area (Å²) in [6, 6.07) is 0. The number of rotatable bonds is 5. The fourth-order valence-electron chi connectivity index (χ4n) is 3.49. The Labute approximate surface area is 111 Å². The average Bonchev–Trinajstić information content (AvgIpc) is 2.28. The van der Waals surface area contributed by atoms with Crippen molar-refractivity contribution in [2.24, 2.45) is 17.8 Å². The molecule has 18 heavy (non-hydrogen) atoms. The van der Waals surface area contributed by atoms with Crippen LogP contribution < -0.4 is 0 Å². The van der Waals surface area contributed by atoms with Crippen LogP contribution in [0.4, 0.5) is 0 Å². The van der Waals surface area contributed by atoms with Crippen molar-refractivity contribution in [3.8, 4) is 0 Å². The molecule has 1 rings (SSSR count). The average molecular weight is 256 g/mol. The molecule has 1 fully saturated rings. The molecule has 0 aromatic carbocycles. The Kier molecular flexibility index (Phi) is 5.64. The van der Waals surface area contributed by atoms with Crippen molar-refractivity contribution in [3.63, 3.8) is 0 Å². The largest absolute Gasteiger partial charge is 0.469 e. The summed E-state index contributed by atoms with van der Waals surface area (Å²) in [5.41, 5.74) is -0.848. The van der Waals surface area contributed by atoms with Crippen molar-refractivity contribution < 1.29 is 14.6 Å². The minimum atomic E-state index is -0.848. The Hall–Kier alpha value is -0.570. The number of aliphatic hydroxyl groups is 1. The fourth-order valence-corrected chi connectivity index (χ4v) is 3.49. The molecule has 106 valence electrons. The normalized spacial score (nSPS) is 30.2. The van der Waals surface area contributed by atoms with E-state index >= 15 is 0 Å². The maximum Gasteiger partial charge on any atom is 0.311 e. The molecule has 0 aliphatic heterocycles. The molecule has 0 heterocycles. The quantitative estimate of drug-likeness (QED) is 0.769. The molecule has 1 saturated carbocycles. The lowest BCUT2D eigenvalue weighted by molar-refractivity contribution is -0.160. The molecule has 3 atom stereocenters. The molecule has 0 amide bonds. The van der Waals surface area contributed by atoms with Gasteiger partial charge in [-0.05, 0) is 37.5 Å². The number of hydrogen-bond donors (Lipinski definition) is 1. The van der Waals surface area contributed by atoms with Gasteiger partial charge in [0.2, 0.25) is 0 Å². The van der Waals surface area contributed by atoms with E-state index in [-0.39, 0.29) is 11.9 Å². The highest BCUT2D eigenvalue weighted by atomic mass is 16.5. The molecule has 1 N–H and O–H groups in total. The minimum absolute atomic E-state index is 0.259. The van der Waals surface area contributed by atoms with E-state index < -0.39 is 5.60 Å². The van der Waals surface area contributed by atoms with Gasteiger partial charge in [0.15, 0.2) is 0 Å². The SMILES string of the molecule is CCC(C(=O)OC)C1(O)CCCC(CC(C)C)C1. The van der Waals surface area contributed by atoms with Crippen LogP contribution >= 0.6 is 0 Å². The first kappa shape index (κ1) is 15.5. The molecular formula is C15H28O3. The predicted molar refractivity (Wildman–Crippen MR) is 72.2 cm³/mol. The van der Waals surface area contributed by atoms with Gasteiger partial charge in [-0.15, -0.1) is 0 Å². The van der Waals surface area contributed by atoms with Gasteiger partial charge in [0, 0.05) is 0 Å². The molecule has 1 aliphatic rings. The third-order valence-corrected chi connectivity index (χ3v) is 4.21. The molecule has 0 saturated heterocycles. The fraction of sp³-hybridized carbons (Fsp3) is 0.933. The van der Waals surface area contributed by atoms with Gasteiger partial charge >= 0.3 is 5.97 Å². The number of carbonyl (C=O) groups excluding carboxylic acids is 1. The Morgan fingerprint density at radius 3 is 2.67 bits per heavy atom. The lowest BCUT2D eigenvalue weighted by Crippen LogP contribution is -2.46. The summed E-state index contributed by atoms with van der Waals surface area (Å²) >= 11 is 0. The van der Waals surface area contributed by atoms with Gasteiger partial charge in [-0.3, -0.25) is 4.79 Å². The van der Waals surface area contributed by atoms with Crippen LogP contribution in [-0.4, -0.2) is 23.8 Å². The van der Waals surface area contributed by atoms with Crippen LogP contribution in [0.1, 0.15) is 59.3 Å². The molecule has 0 bridgehead atoms. The van der Waals surface area contributed by atoms with Crippen molar-refractivity contribution >= 4 is 5.97 Å². The molecule has 3 unspecified atom stereocenters. The van der Waals surface area contributed by atoms with Crippen molar-refractivity contribution in [1.29, 1.82) is 0 Å². The number of ether oxygens (including phenoxy) is 1. The Balaban J connectivity index is 2.74. The maximum atomic E-state index is 11.8. The van der Waals surface area contributed by atoms with Gasteiger partial charge in [0.25, 0.3) is 0 Å². The Morgan fingerprint density at radius 1 is 1.50 bits per heavy atom.